The molecule has 0 saturated heterocycles. The molecule has 0 heterocycles. The lowest BCUT2D eigenvalue weighted by Gasteiger charge is -2.19. The van der Waals surface area contributed by atoms with Gasteiger partial charge in [0, 0.05) is 12.2 Å². The van der Waals surface area contributed by atoms with E-state index in [-0.39, 0.29) is 11.4 Å². The first-order chi connectivity index (χ1) is 10.0. The van der Waals surface area contributed by atoms with Crippen molar-refractivity contribution in [2.75, 3.05) is 19.0 Å². The first-order valence-corrected chi connectivity index (χ1v) is 7.50. The molecule has 1 saturated carbocycles. The summed E-state index contributed by atoms with van der Waals surface area (Å²) >= 11 is 0. The third kappa shape index (κ3) is 4.55. The van der Waals surface area contributed by atoms with Gasteiger partial charge in [0.25, 0.3) is 0 Å². The van der Waals surface area contributed by atoms with Gasteiger partial charge in [-0.1, -0.05) is 25.7 Å². The molecule has 1 aromatic carbocycles. The highest BCUT2D eigenvalue weighted by Gasteiger charge is 2.34. The van der Waals surface area contributed by atoms with E-state index in [2.05, 4.69) is 5.32 Å². The topological polar surface area (TPSA) is 21.3 Å². The van der Waals surface area contributed by atoms with Gasteiger partial charge in [0.1, 0.15) is 5.75 Å². The van der Waals surface area contributed by atoms with E-state index in [0.29, 0.717) is 12.5 Å². The molecule has 0 aromatic heterocycles. The van der Waals surface area contributed by atoms with Crippen LogP contribution >= 0.6 is 0 Å². The number of rotatable bonds is 4. The Labute approximate surface area is 123 Å². The van der Waals surface area contributed by atoms with Gasteiger partial charge >= 0.3 is 6.18 Å². The van der Waals surface area contributed by atoms with E-state index >= 15 is 0 Å². The molecule has 5 heteroatoms. The number of halogens is 3. The third-order valence-electron chi connectivity index (χ3n) is 4.09. The molecule has 0 atom stereocenters. The highest BCUT2D eigenvalue weighted by atomic mass is 19.4. The molecular formula is C16H22F3NO. The molecular weight excluding hydrogens is 279 g/mol. The third-order valence-corrected chi connectivity index (χ3v) is 4.09. The summed E-state index contributed by atoms with van der Waals surface area (Å²) in [4.78, 5) is 0. The fraction of sp³-hybridized carbons (Fsp3) is 0.625. The summed E-state index contributed by atoms with van der Waals surface area (Å²) < 4.78 is 44.2. The minimum Gasteiger partial charge on any atom is -0.497 e. The molecule has 1 aliphatic carbocycles. The quantitative estimate of drug-likeness (QED) is 0.782. The van der Waals surface area contributed by atoms with E-state index in [1.165, 1.54) is 38.9 Å². The van der Waals surface area contributed by atoms with Gasteiger partial charge in [-0.05, 0) is 37.0 Å². The Bertz CT molecular complexity index is 451. The molecule has 1 N–H and O–H groups in total. The molecule has 1 aromatic rings. The first kappa shape index (κ1) is 16.0. The molecule has 0 radical (unpaired) electrons. The summed E-state index contributed by atoms with van der Waals surface area (Å²) in [6, 6.07) is 4.07. The smallest absolute Gasteiger partial charge is 0.418 e. The highest BCUT2D eigenvalue weighted by molar-refractivity contribution is 5.55. The highest BCUT2D eigenvalue weighted by Crippen LogP contribution is 2.37. The number of alkyl halides is 3. The Balaban J connectivity index is 2.08. The summed E-state index contributed by atoms with van der Waals surface area (Å²) in [5.41, 5.74) is -0.511. The van der Waals surface area contributed by atoms with Gasteiger partial charge in [-0.25, -0.2) is 0 Å². The van der Waals surface area contributed by atoms with Crippen molar-refractivity contribution in [1.29, 1.82) is 0 Å². The van der Waals surface area contributed by atoms with Crippen LogP contribution in [0.3, 0.4) is 0 Å². The fourth-order valence-electron chi connectivity index (χ4n) is 2.86. The van der Waals surface area contributed by atoms with Crippen molar-refractivity contribution < 1.29 is 17.9 Å². The van der Waals surface area contributed by atoms with Gasteiger partial charge in [-0.2, -0.15) is 13.2 Å². The number of anilines is 1. The molecule has 0 amide bonds. The Kier molecular flexibility index (Phi) is 5.37. The molecule has 0 aliphatic heterocycles. The number of ether oxygens (including phenoxy) is 1. The molecule has 0 bridgehead atoms. The van der Waals surface area contributed by atoms with Crippen LogP contribution in [0.2, 0.25) is 0 Å². The summed E-state index contributed by atoms with van der Waals surface area (Å²) in [7, 11) is 1.37. The number of nitrogens with one attached hydrogen (secondary N) is 1. The number of hydrogen-bond acceptors (Lipinski definition) is 2. The second-order valence-corrected chi connectivity index (χ2v) is 5.65. The van der Waals surface area contributed by atoms with E-state index in [4.69, 9.17) is 4.74 Å². The second kappa shape index (κ2) is 7.05. The normalized spacial score (nSPS) is 17.3. The van der Waals surface area contributed by atoms with Crippen LogP contribution in [0.25, 0.3) is 0 Å². The van der Waals surface area contributed by atoms with Crippen molar-refractivity contribution >= 4 is 5.69 Å². The molecule has 0 spiro atoms. The monoisotopic (exact) mass is 301 g/mol. The van der Waals surface area contributed by atoms with Crippen molar-refractivity contribution in [3.63, 3.8) is 0 Å². The summed E-state index contributed by atoms with van der Waals surface area (Å²) in [5.74, 6) is 0.693. The Hall–Kier alpha value is -1.39. The predicted octanol–water partition coefficient (Wildman–Crippen LogP) is 5.10. The van der Waals surface area contributed by atoms with Gasteiger partial charge in [0.2, 0.25) is 0 Å². The van der Waals surface area contributed by atoms with Crippen molar-refractivity contribution in [2.45, 2.75) is 44.7 Å². The van der Waals surface area contributed by atoms with E-state index < -0.39 is 11.7 Å². The summed E-state index contributed by atoms with van der Waals surface area (Å²) in [5, 5.41) is 2.99. The lowest BCUT2D eigenvalue weighted by molar-refractivity contribution is -0.137. The van der Waals surface area contributed by atoms with Crippen LogP contribution in [0, 0.1) is 5.92 Å². The zero-order valence-corrected chi connectivity index (χ0v) is 12.3. The summed E-state index contributed by atoms with van der Waals surface area (Å²) in [6.07, 6.45) is 2.68. The summed E-state index contributed by atoms with van der Waals surface area (Å²) in [6.45, 7) is 0.607. The van der Waals surface area contributed by atoms with Gasteiger partial charge in [-0.3, -0.25) is 0 Å². The van der Waals surface area contributed by atoms with E-state index in [0.717, 1.165) is 18.9 Å². The zero-order valence-electron chi connectivity index (χ0n) is 12.3. The van der Waals surface area contributed by atoms with Crippen LogP contribution in [0.15, 0.2) is 18.2 Å². The molecule has 118 valence electrons. The van der Waals surface area contributed by atoms with Gasteiger partial charge in [-0.15, -0.1) is 0 Å². The van der Waals surface area contributed by atoms with E-state index in [9.17, 15) is 13.2 Å². The Morgan fingerprint density at radius 1 is 1.14 bits per heavy atom. The molecule has 0 unspecified atom stereocenters. The van der Waals surface area contributed by atoms with Crippen LogP contribution < -0.4 is 10.1 Å². The van der Waals surface area contributed by atoms with Crippen LogP contribution in [0.4, 0.5) is 18.9 Å². The standard InChI is InChI=1S/C16H22F3NO/c1-21-13-8-9-15(14(10-13)16(17,18)19)20-11-12-6-4-2-3-5-7-12/h8-10,12,20H,2-7,11H2,1H3. The average Bonchev–Trinajstić information content (AvgIpc) is 2.72. The van der Waals surface area contributed by atoms with Crippen molar-refractivity contribution in [2.24, 2.45) is 5.92 Å². The average molecular weight is 301 g/mol. The van der Waals surface area contributed by atoms with Crippen molar-refractivity contribution in [1.82, 2.24) is 0 Å². The Morgan fingerprint density at radius 2 is 1.81 bits per heavy atom. The second-order valence-electron chi connectivity index (χ2n) is 5.65. The van der Waals surface area contributed by atoms with Gasteiger partial charge < -0.3 is 10.1 Å². The van der Waals surface area contributed by atoms with Crippen LogP contribution in [-0.4, -0.2) is 13.7 Å². The fourth-order valence-corrected chi connectivity index (χ4v) is 2.86. The van der Waals surface area contributed by atoms with Crippen LogP contribution in [0.5, 0.6) is 5.75 Å². The zero-order chi connectivity index (χ0) is 15.3. The predicted molar refractivity (Wildman–Crippen MR) is 77.7 cm³/mol. The largest absolute Gasteiger partial charge is 0.497 e. The van der Waals surface area contributed by atoms with Crippen LogP contribution in [0.1, 0.15) is 44.1 Å². The molecule has 2 nitrogen and oxygen atoms in total. The number of benzene rings is 1. The lowest BCUT2D eigenvalue weighted by Crippen LogP contribution is -2.17. The van der Waals surface area contributed by atoms with Crippen molar-refractivity contribution in [3.05, 3.63) is 23.8 Å². The maximum Gasteiger partial charge on any atom is 0.418 e. The van der Waals surface area contributed by atoms with Gasteiger partial charge in [0.15, 0.2) is 0 Å². The van der Waals surface area contributed by atoms with Crippen molar-refractivity contribution in [3.8, 4) is 5.75 Å². The minimum atomic E-state index is -4.37. The SMILES string of the molecule is COc1ccc(NCC2CCCCCC2)c(C(F)(F)F)c1. The number of hydrogen-bond donors (Lipinski definition) is 1. The Morgan fingerprint density at radius 3 is 2.38 bits per heavy atom. The van der Waals surface area contributed by atoms with Crippen LogP contribution in [-0.2, 0) is 6.18 Å². The number of methoxy groups -OCH3 is 1. The molecule has 1 fully saturated rings. The maximum absolute atomic E-state index is 13.1. The molecule has 1 aliphatic rings. The lowest BCUT2D eigenvalue weighted by atomic mass is 10.00. The molecule has 21 heavy (non-hydrogen) atoms. The minimum absolute atomic E-state index is 0.146. The van der Waals surface area contributed by atoms with E-state index in [1.54, 1.807) is 6.07 Å². The molecule has 2 rings (SSSR count). The van der Waals surface area contributed by atoms with Gasteiger partial charge in [0.05, 0.1) is 12.7 Å². The van der Waals surface area contributed by atoms with E-state index in [1.807, 2.05) is 0 Å². The first-order valence-electron chi connectivity index (χ1n) is 7.50. The maximum atomic E-state index is 13.1.